The molecule has 1 amide bonds. The van der Waals surface area contributed by atoms with Crippen LogP contribution in [-0.2, 0) is 4.74 Å². The molecule has 2 unspecified atom stereocenters. The van der Waals surface area contributed by atoms with E-state index in [1.165, 1.54) is 18.3 Å². The first kappa shape index (κ1) is 17.4. The largest absolute Gasteiger partial charge is 0.478 e. The van der Waals surface area contributed by atoms with Gasteiger partial charge in [0, 0.05) is 16.8 Å². The Hall–Kier alpha value is -2.44. The SMILES string of the molecule is CC1COC(c2ccccc2Cl)CN1C(=O)c1cc(C(=O)O)ccn1. The Morgan fingerprint density at radius 2 is 2.08 bits per heavy atom. The molecule has 0 spiro atoms. The van der Waals surface area contributed by atoms with Gasteiger partial charge in [-0.1, -0.05) is 29.8 Å². The second-order valence-corrected chi connectivity index (χ2v) is 6.29. The van der Waals surface area contributed by atoms with Crippen molar-refractivity contribution in [3.63, 3.8) is 0 Å². The van der Waals surface area contributed by atoms with Crippen molar-refractivity contribution in [2.45, 2.75) is 19.1 Å². The third kappa shape index (κ3) is 3.65. The summed E-state index contributed by atoms with van der Waals surface area (Å²) in [6.45, 7) is 2.56. The minimum atomic E-state index is -1.10. The summed E-state index contributed by atoms with van der Waals surface area (Å²) >= 11 is 6.23. The molecule has 7 heteroatoms. The van der Waals surface area contributed by atoms with Crippen molar-refractivity contribution in [2.75, 3.05) is 13.2 Å². The molecule has 3 rings (SSSR count). The molecule has 1 fully saturated rings. The second kappa shape index (κ2) is 7.21. The lowest BCUT2D eigenvalue weighted by atomic mass is 10.1. The fourth-order valence-corrected chi connectivity index (χ4v) is 3.05. The fourth-order valence-electron chi connectivity index (χ4n) is 2.79. The summed E-state index contributed by atoms with van der Waals surface area (Å²) in [6.07, 6.45) is 0.990. The number of aromatic nitrogens is 1. The van der Waals surface area contributed by atoms with Gasteiger partial charge in [0.05, 0.1) is 24.8 Å². The smallest absolute Gasteiger partial charge is 0.335 e. The van der Waals surface area contributed by atoms with E-state index in [4.69, 9.17) is 21.4 Å². The summed E-state index contributed by atoms with van der Waals surface area (Å²) in [7, 11) is 0. The van der Waals surface area contributed by atoms with Crippen LogP contribution < -0.4 is 0 Å². The summed E-state index contributed by atoms with van der Waals surface area (Å²) in [5.41, 5.74) is 0.953. The number of carbonyl (C=O) groups is 2. The highest BCUT2D eigenvalue weighted by atomic mass is 35.5. The summed E-state index contributed by atoms with van der Waals surface area (Å²) in [5, 5.41) is 9.67. The molecule has 1 aliphatic rings. The molecule has 130 valence electrons. The van der Waals surface area contributed by atoms with E-state index < -0.39 is 5.97 Å². The van der Waals surface area contributed by atoms with Crippen molar-refractivity contribution in [1.29, 1.82) is 0 Å². The molecule has 1 aliphatic heterocycles. The number of carboxylic acids is 1. The third-order valence-corrected chi connectivity index (χ3v) is 4.52. The van der Waals surface area contributed by atoms with Gasteiger partial charge in [-0.15, -0.1) is 0 Å². The average molecular weight is 361 g/mol. The first-order valence-electron chi connectivity index (χ1n) is 7.83. The number of morpholine rings is 1. The molecule has 1 aromatic carbocycles. The van der Waals surface area contributed by atoms with Crippen LogP contribution in [0.4, 0.5) is 0 Å². The van der Waals surface area contributed by atoms with E-state index in [9.17, 15) is 9.59 Å². The Kier molecular flexibility index (Phi) is 5.01. The van der Waals surface area contributed by atoms with Gasteiger partial charge in [0.2, 0.25) is 0 Å². The Balaban J connectivity index is 1.85. The Morgan fingerprint density at radius 3 is 2.80 bits per heavy atom. The van der Waals surface area contributed by atoms with E-state index in [0.29, 0.717) is 18.2 Å². The minimum Gasteiger partial charge on any atom is -0.478 e. The Morgan fingerprint density at radius 1 is 1.32 bits per heavy atom. The predicted octanol–water partition coefficient (Wildman–Crippen LogP) is 3.04. The van der Waals surface area contributed by atoms with E-state index in [-0.39, 0.29) is 29.3 Å². The topological polar surface area (TPSA) is 79.7 Å². The normalized spacial score (nSPS) is 20.3. The van der Waals surface area contributed by atoms with Crippen molar-refractivity contribution >= 4 is 23.5 Å². The van der Waals surface area contributed by atoms with Crippen molar-refractivity contribution in [3.05, 3.63) is 64.4 Å². The van der Waals surface area contributed by atoms with Crippen LogP contribution >= 0.6 is 11.6 Å². The molecule has 0 saturated carbocycles. The van der Waals surface area contributed by atoms with Gasteiger partial charge >= 0.3 is 5.97 Å². The Labute approximate surface area is 150 Å². The van der Waals surface area contributed by atoms with Crippen molar-refractivity contribution in [2.24, 2.45) is 0 Å². The lowest BCUT2D eigenvalue weighted by Gasteiger charge is -2.38. The summed E-state index contributed by atoms with van der Waals surface area (Å²) in [6, 6.07) is 9.85. The summed E-state index contributed by atoms with van der Waals surface area (Å²) < 4.78 is 5.84. The maximum absolute atomic E-state index is 12.8. The number of rotatable bonds is 3. The zero-order valence-corrected chi connectivity index (χ0v) is 14.3. The van der Waals surface area contributed by atoms with Crippen LogP contribution in [0.15, 0.2) is 42.6 Å². The maximum Gasteiger partial charge on any atom is 0.335 e. The van der Waals surface area contributed by atoms with Gasteiger partial charge in [-0.25, -0.2) is 4.79 Å². The van der Waals surface area contributed by atoms with Crippen molar-refractivity contribution < 1.29 is 19.4 Å². The molecule has 2 aromatic rings. The number of carboxylic acid groups (broad SMARTS) is 1. The molecule has 1 aromatic heterocycles. The first-order chi connectivity index (χ1) is 12.0. The zero-order valence-electron chi connectivity index (χ0n) is 13.6. The molecule has 0 aliphatic carbocycles. The molecule has 6 nitrogen and oxygen atoms in total. The van der Waals surface area contributed by atoms with Crippen LogP contribution in [-0.4, -0.2) is 46.1 Å². The molecular formula is C18H17ClN2O4. The van der Waals surface area contributed by atoms with Crippen LogP contribution in [0.1, 0.15) is 39.4 Å². The van der Waals surface area contributed by atoms with E-state index in [1.54, 1.807) is 11.0 Å². The number of hydrogen-bond donors (Lipinski definition) is 1. The number of halogens is 1. The number of nitrogens with zero attached hydrogens (tertiary/aromatic N) is 2. The van der Waals surface area contributed by atoms with E-state index in [0.717, 1.165) is 5.56 Å². The summed E-state index contributed by atoms with van der Waals surface area (Å²) in [4.78, 5) is 29.6. The van der Waals surface area contributed by atoms with Gasteiger partial charge in [-0.05, 0) is 25.1 Å². The van der Waals surface area contributed by atoms with E-state index in [2.05, 4.69) is 4.98 Å². The van der Waals surface area contributed by atoms with Crippen molar-refractivity contribution in [3.8, 4) is 0 Å². The molecule has 2 atom stereocenters. The number of hydrogen-bond acceptors (Lipinski definition) is 4. The van der Waals surface area contributed by atoms with Gasteiger partial charge in [0.25, 0.3) is 5.91 Å². The van der Waals surface area contributed by atoms with Gasteiger partial charge in [-0.3, -0.25) is 9.78 Å². The number of aromatic carboxylic acids is 1. The zero-order chi connectivity index (χ0) is 18.0. The highest BCUT2D eigenvalue weighted by Crippen LogP contribution is 2.30. The number of benzene rings is 1. The van der Waals surface area contributed by atoms with Crippen LogP contribution in [0.25, 0.3) is 0 Å². The molecule has 2 heterocycles. The number of carbonyl (C=O) groups excluding carboxylic acids is 1. The van der Waals surface area contributed by atoms with E-state index in [1.807, 2.05) is 25.1 Å². The maximum atomic E-state index is 12.8. The van der Waals surface area contributed by atoms with Crippen LogP contribution in [0.5, 0.6) is 0 Å². The van der Waals surface area contributed by atoms with Crippen LogP contribution in [0, 0.1) is 0 Å². The lowest BCUT2D eigenvalue weighted by molar-refractivity contribution is -0.0488. The highest BCUT2D eigenvalue weighted by molar-refractivity contribution is 6.31. The fraction of sp³-hybridized carbons (Fsp3) is 0.278. The minimum absolute atomic E-state index is 0.0296. The van der Waals surface area contributed by atoms with Gasteiger partial charge < -0.3 is 14.7 Å². The molecule has 0 radical (unpaired) electrons. The van der Waals surface area contributed by atoms with Gasteiger partial charge in [-0.2, -0.15) is 0 Å². The van der Waals surface area contributed by atoms with Crippen LogP contribution in [0.2, 0.25) is 5.02 Å². The standard InChI is InChI=1S/C18H17ClN2O4/c1-11-10-25-16(13-4-2-3-5-14(13)19)9-21(11)17(22)15-8-12(18(23)24)6-7-20-15/h2-8,11,16H,9-10H2,1H3,(H,23,24). The number of pyridine rings is 1. The predicted molar refractivity (Wildman–Crippen MR) is 91.8 cm³/mol. The van der Waals surface area contributed by atoms with Crippen molar-refractivity contribution in [1.82, 2.24) is 9.88 Å². The first-order valence-corrected chi connectivity index (χ1v) is 8.21. The number of amides is 1. The molecule has 1 saturated heterocycles. The molecule has 0 bridgehead atoms. The number of ether oxygens (including phenoxy) is 1. The molecule has 25 heavy (non-hydrogen) atoms. The second-order valence-electron chi connectivity index (χ2n) is 5.88. The van der Waals surface area contributed by atoms with Crippen LogP contribution in [0.3, 0.4) is 0 Å². The molecular weight excluding hydrogens is 344 g/mol. The monoisotopic (exact) mass is 360 g/mol. The third-order valence-electron chi connectivity index (χ3n) is 4.17. The highest BCUT2D eigenvalue weighted by Gasteiger charge is 2.32. The van der Waals surface area contributed by atoms with E-state index >= 15 is 0 Å². The Bertz CT molecular complexity index is 811. The van der Waals surface area contributed by atoms with Gasteiger partial charge in [0.1, 0.15) is 11.8 Å². The lowest BCUT2D eigenvalue weighted by Crippen LogP contribution is -2.48. The van der Waals surface area contributed by atoms with Gasteiger partial charge in [0.15, 0.2) is 0 Å². The summed E-state index contributed by atoms with van der Waals surface area (Å²) in [5.74, 6) is -1.42. The average Bonchev–Trinajstić information content (AvgIpc) is 2.62. The molecule has 1 N–H and O–H groups in total. The quantitative estimate of drug-likeness (QED) is 0.910.